The number of hydrogen-bond donors (Lipinski definition) is 3. The summed E-state index contributed by atoms with van der Waals surface area (Å²) in [6.45, 7) is 1.83. The van der Waals surface area contributed by atoms with Crippen LogP contribution in [-0.2, 0) is 9.59 Å². The number of allylic oxidation sites excluding steroid dienone is 2. The van der Waals surface area contributed by atoms with Crippen LogP contribution < -0.4 is 10.6 Å². The van der Waals surface area contributed by atoms with Gasteiger partial charge in [0.25, 0.3) is 0 Å². The van der Waals surface area contributed by atoms with E-state index in [1.807, 2.05) is 12.2 Å². The summed E-state index contributed by atoms with van der Waals surface area (Å²) in [5.41, 5.74) is 0. The van der Waals surface area contributed by atoms with Gasteiger partial charge in [0.15, 0.2) is 0 Å². The van der Waals surface area contributed by atoms with E-state index in [2.05, 4.69) is 10.6 Å². The molecule has 0 aromatic rings. The number of aliphatic carboxylic acids is 1. The lowest BCUT2D eigenvalue weighted by Gasteiger charge is -2.29. The largest absolute Gasteiger partial charge is 0.481 e. The molecule has 3 N–H and O–H groups in total. The van der Waals surface area contributed by atoms with Crippen molar-refractivity contribution in [2.75, 3.05) is 13.1 Å². The Morgan fingerprint density at radius 1 is 1.11 bits per heavy atom. The first-order valence-electron chi connectivity index (χ1n) is 6.57. The lowest BCUT2D eigenvalue weighted by Crippen LogP contribution is -2.47. The van der Waals surface area contributed by atoms with Crippen molar-refractivity contribution in [2.24, 2.45) is 11.8 Å². The Morgan fingerprint density at radius 2 is 1.72 bits per heavy atom. The Bertz CT molecular complexity index is 348. The Hall–Kier alpha value is -1.36. The minimum Gasteiger partial charge on any atom is -0.481 e. The minimum atomic E-state index is -0.871. The Morgan fingerprint density at radius 3 is 2.33 bits per heavy atom. The molecule has 0 bridgehead atoms. The average molecular weight is 252 g/mol. The summed E-state index contributed by atoms with van der Waals surface area (Å²) < 4.78 is 0. The molecule has 2 atom stereocenters. The van der Waals surface area contributed by atoms with Crippen molar-refractivity contribution in [3.8, 4) is 0 Å². The third-order valence-corrected chi connectivity index (χ3v) is 3.77. The third kappa shape index (κ3) is 3.10. The zero-order chi connectivity index (χ0) is 13.0. The molecule has 1 saturated heterocycles. The zero-order valence-electron chi connectivity index (χ0n) is 10.4. The molecular formula is C13H20N2O3. The highest BCUT2D eigenvalue weighted by Gasteiger charge is 2.34. The zero-order valence-corrected chi connectivity index (χ0v) is 10.4. The van der Waals surface area contributed by atoms with Crippen LogP contribution in [0.15, 0.2) is 12.2 Å². The SMILES string of the molecule is O=C(O)C1CC=CCC1C(=O)NC1CCNCC1. The summed E-state index contributed by atoms with van der Waals surface area (Å²) in [6.07, 6.45) is 6.60. The summed E-state index contributed by atoms with van der Waals surface area (Å²) in [5, 5.41) is 15.4. The van der Waals surface area contributed by atoms with E-state index in [0.29, 0.717) is 12.8 Å². The normalized spacial score (nSPS) is 28.9. The van der Waals surface area contributed by atoms with Gasteiger partial charge in [-0.05, 0) is 38.8 Å². The number of nitrogens with one attached hydrogen (secondary N) is 2. The standard InChI is InChI=1S/C13H20N2O3/c16-12(15-9-5-7-14-8-6-9)10-3-1-2-4-11(10)13(17)18/h1-2,9-11,14H,3-8H2,(H,15,16)(H,17,18). The smallest absolute Gasteiger partial charge is 0.307 e. The van der Waals surface area contributed by atoms with Crippen LogP contribution >= 0.6 is 0 Å². The first-order valence-corrected chi connectivity index (χ1v) is 6.57. The molecule has 18 heavy (non-hydrogen) atoms. The number of carbonyl (C=O) groups excluding carboxylic acids is 1. The number of carboxylic acid groups (broad SMARTS) is 1. The molecule has 5 nitrogen and oxygen atoms in total. The number of carbonyl (C=O) groups is 2. The number of hydrogen-bond acceptors (Lipinski definition) is 3. The van der Waals surface area contributed by atoms with Crippen LogP contribution in [0.4, 0.5) is 0 Å². The molecule has 1 heterocycles. The predicted molar refractivity (Wildman–Crippen MR) is 67.0 cm³/mol. The highest BCUT2D eigenvalue weighted by Crippen LogP contribution is 2.26. The fraction of sp³-hybridized carbons (Fsp3) is 0.692. The van der Waals surface area contributed by atoms with Gasteiger partial charge in [0.2, 0.25) is 5.91 Å². The van der Waals surface area contributed by atoms with Crippen LogP contribution in [0.3, 0.4) is 0 Å². The van der Waals surface area contributed by atoms with E-state index in [9.17, 15) is 9.59 Å². The fourth-order valence-electron chi connectivity index (χ4n) is 2.65. The van der Waals surface area contributed by atoms with Crippen molar-refractivity contribution in [1.29, 1.82) is 0 Å². The second-order valence-electron chi connectivity index (χ2n) is 5.03. The molecule has 0 radical (unpaired) electrons. The van der Waals surface area contributed by atoms with Gasteiger partial charge < -0.3 is 15.7 Å². The van der Waals surface area contributed by atoms with E-state index in [1.54, 1.807) is 0 Å². The van der Waals surface area contributed by atoms with Crippen LogP contribution in [-0.4, -0.2) is 36.1 Å². The molecule has 2 unspecified atom stereocenters. The highest BCUT2D eigenvalue weighted by atomic mass is 16.4. The molecular weight excluding hydrogens is 232 g/mol. The van der Waals surface area contributed by atoms with Crippen LogP contribution in [0, 0.1) is 11.8 Å². The quantitative estimate of drug-likeness (QED) is 0.640. The van der Waals surface area contributed by atoms with Gasteiger partial charge in [-0.15, -0.1) is 0 Å². The van der Waals surface area contributed by atoms with Gasteiger partial charge in [-0.25, -0.2) is 0 Å². The van der Waals surface area contributed by atoms with Gasteiger partial charge in [0.05, 0.1) is 11.8 Å². The Kier molecular flexibility index (Phi) is 4.36. The third-order valence-electron chi connectivity index (χ3n) is 3.77. The molecule has 5 heteroatoms. The topological polar surface area (TPSA) is 78.4 Å². The molecule has 0 aromatic heterocycles. The molecule has 2 aliphatic rings. The fourth-order valence-corrected chi connectivity index (χ4v) is 2.65. The number of amides is 1. The summed E-state index contributed by atoms with van der Waals surface area (Å²) in [7, 11) is 0. The minimum absolute atomic E-state index is 0.0985. The van der Waals surface area contributed by atoms with Crippen molar-refractivity contribution in [1.82, 2.24) is 10.6 Å². The van der Waals surface area contributed by atoms with Gasteiger partial charge in [-0.3, -0.25) is 9.59 Å². The van der Waals surface area contributed by atoms with E-state index < -0.39 is 17.8 Å². The van der Waals surface area contributed by atoms with Crippen LogP contribution in [0.5, 0.6) is 0 Å². The van der Waals surface area contributed by atoms with Gasteiger partial charge in [-0.1, -0.05) is 12.2 Å². The molecule has 0 spiro atoms. The maximum atomic E-state index is 12.2. The lowest BCUT2D eigenvalue weighted by molar-refractivity contribution is -0.147. The number of piperidine rings is 1. The maximum Gasteiger partial charge on any atom is 0.307 e. The van der Waals surface area contributed by atoms with Crippen molar-refractivity contribution < 1.29 is 14.7 Å². The molecule has 1 aliphatic heterocycles. The lowest BCUT2D eigenvalue weighted by atomic mass is 9.82. The van der Waals surface area contributed by atoms with Crippen LogP contribution in [0.1, 0.15) is 25.7 Å². The second-order valence-corrected chi connectivity index (χ2v) is 5.03. The first kappa shape index (κ1) is 13.1. The summed E-state index contributed by atoms with van der Waals surface area (Å²) >= 11 is 0. The Labute approximate surface area is 107 Å². The molecule has 0 aromatic carbocycles. The van der Waals surface area contributed by atoms with E-state index in [0.717, 1.165) is 25.9 Å². The highest BCUT2D eigenvalue weighted by molar-refractivity contribution is 5.85. The molecule has 2 rings (SSSR count). The van der Waals surface area contributed by atoms with Crippen molar-refractivity contribution in [2.45, 2.75) is 31.7 Å². The molecule has 1 fully saturated rings. The van der Waals surface area contributed by atoms with Crippen molar-refractivity contribution in [3.63, 3.8) is 0 Å². The van der Waals surface area contributed by atoms with Crippen LogP contribution in [0.2, 0.25) is 0 Å². The molecule has 100 valence electrons. The Balaban J connectivity index is 1.93. The summed E-state index contributed by atoms with van der Waals surface area (Å²) in [4.78, 5) is 23.3. The summed E-state index contributed by atoms with van der Waals surface area (Å²) in [5.74, 6) is -1.96. The molecule has 1 aliphatic carbocycles. The van der Waals surface area contributed by atoms with Crippen molar-refractivity contribution in [3.05, 3.63) is 12.2 Å². The average Bonchev–Trinajstić information content (AvgIpc) is 2.40. The maximum absolute atomic E-state index is 12.2. The number of carboxylic acids is 1. The van der Waals surface area contributed by atoms with E-state index in [1.165, 1.54) is 0 Å². The predicted octanol–water partition coefficient (Wildman–Crippen LogP) is 0.522. The summed E-state index contributed by atoms with van der Waals surface area (Å²) in [6, 6.07) is 0.194. The second kappa shape index (κ2) is 6.00. The van der Waals surface area contributed by atoms with E-state index >= 15 is 0 Å². The van der Waals surface area contributed by atoms with Gasteiger partial charge in [0, 0.05) is 6.04 Å². The number of rotatable bonds is 3. The van der Waals surface area contributed by atoms with Crippen LogP contribution in [0.25, 0.3) is 0 Å². The molecule has 1 amide bonds. The van der Waals surface area contributed by atoms with Gasteiger partial charge in [0.1, 0.15) is 0 Å². The van der Waals surface area contributed by atoms with Gasteiger partial charge >= 0.3 is 5.97 Å². The van der Waals surface area contributed by atoms with E-state index in [4.69, 9.17) is 5.11 Å². The van der Waals surface area contributed by atoms with Crippen molar-refractivity contribution >= 4 is 11.9 Å². The van der Waals surface area contributed by atoms with E-state index in [-0.39, 0.29) is 11.9 Å². The van der Waals surface area contributed by atoms with Gasteiger partial charge in [-0.2, -0.15) is 0 Å². The molecule has 0 saturated carbocycles. The first-order chi connectivity index (χ1) is 8.68. The monoisotopic (exact) mass is 252 g/mol.